The molecule has 65 heavy (non-hydrogen) atoms. The molecule has 4 aromatic heterocycles. The molecular weight excluding hydrogens is 832 g/mol. The van der Waals surface area contributed by atoms with Crippen LogP contribution in [0.3, 0.4) is 0 Å². The Bertz CT molecular complexity index is 3100. The maximum atomic E-state index is 15.5. The SMILES string of the molecule is COCCn1ncc2cc(-n3ccn(-c4c5c(nn4-c4cc(C)c(F)c(C)c4)CCN(C(=O)c4cc6cc(C7CCOCC7)ccc6n4[C@@]4(C6NOC(=O)N6)C[C@@H]4C)[C@H]5C)c3=O)ccc21. The number of aromatic nitrogens is 7. The number of aryl methyl sites for hydroxylation is 2. The highest BCUT2D eigenvalue weighted by Gasteiger charge is 2.62. The molecule has 3 aliphatic heterocycles. The van der Waals surface area contributed by atoms with Crippen LogP contribution in [0.15, 0.2) is 78.0 Å². The number of carbonyl (C=O) groups excluding carboxylic acids is 2. The zero-order valence-corrected chi connectivity index (χ0v) is 37.0. The molecule has 2 amide bonds. The highest BCUT2D eigenvalue weighted by molar-refractivity contribution is 6.00. The minimum atomic E-state index is -0.681. The van der Waals surface area contributed by atoms with Crippen LogP contribution in [-0.2, 0) is 32.8 Å². The molecule has 17 heteroatoms. The Morgan fingerprint density at radius 1 is 0.954 bits per heavy atom. The number of amides is 2. The van der Waals surface area contributed by atoms with Gasteiger partial charge in [-0.1, -0.05) is 13.0 Å². The first-order valence-corrected chi connectivity index (χ1v) is 22.4. The fraction of sp³-hybridized carbons (Fsp3) is 0.396. The van der Waals surface area contributed by atoms with Crippen molar-refractivity contribution >= 4 is 33.8 Å². The van der Waals surface area contributed by atoms with E-state index in [1.807, 2.05) is 40.8 Å². The Balaban J connectivity index is 1.03. The normalized spacial score (nSPS) is 22.2. The van der Waals surface area contributed by atoms with Crippen LogP contribution in [0, 0.1) is 25.6 Å². The summed E-state index contributed by atoms with van der Waals surface area (Å²) in [7, 11) is 1.65. The number of rotatable bonds is 10. The molecule has 0 bridgehead atoms. The highest BCUT2D eigenvalue weighted by atomic mass is 19.1. The molecule has 336 valence electrons. The van der Waals surface area contributed by atoms with Gasteiger partial charge in [-0.05, 0) is 117 Å². The number of nitrogens with one attached hydrogen (secondary N) is 2. The van der Waals surface area contributed by atoms with Crippen molar-refractivity contribution in [1.29, 1.82) is 0 Å². The van der Waals surface area contributed by atoms with Gasteiger partial charge in [0.25, 0.3) is 5.91 Å². The van der Waals surface area contributed by atoms with Crippen molar-refractivity contribution in [3.8, 4) is 17.2 Å². The van der Waals surface area contributed by atoms with E-state index in [1.165, 1.54) is 5.56 Å². The number of hydrogen-bond donors (Lipinski definition) is 2. The second kappa shape index (κ2) is 15.6. The molecule has 4 aliphatic rings. The topological polar surface area (TPSA) is 157 Å². The van der Waals surface area contributed by atoms with E-state index in [0.717, 1.165) is 45.9 Å². The number of benzene rings is 3. The number of hydroxylamine groups is 1. The van der Waals surface area contributed by atoms with Gasteiger partial charge in [0.1, 0.15) is 23.5 Å². The molecule has 3 fully saturated rings. The van der Waals surface area contributed by atoms with Gasteiger partial charge in [0.2, 0.25) is 0 Å². The van der Waals surface area contributed by atoms with E-state index in [0.29, 0.717) is 85.7 Å². The van der Waals surface area contributed by atoms with Crippen LogP contribution in [-0.4, -0.2) is 89.8 Å². The van der Waals surface area contributed by atoms with Crippen molar-refractivity contribution in [2.24, 2.45) is 5.92 Å². The summed E-state index contributed by atoms with van der Waals surface area (Å²) in [6.45, 7) is 10.4. The largest absolute Gasteiger partial charge is 0.427 e. The number of halogens is 1. The third-order valence-corrected chi connectivity index (χ3v) is 14.3. The van der Waals surface area contributed by atoms with Crippen molar-refractivity contribution in [3.05, 3.63) is 123 Å². The molecule has 16 nitrogen and oxygen atoms in total. The quantitative estimate of drug-likeness (QED) is 0.157. The predicted molar refractivity (Wildman–Crippen MR) is 239 cm³/mol. The lowest BCUT2D eigenvalue weighted by molar-refractivity contribution is 0.0653. The number of methoxy groups -OCH3 is 1. The van der Waals surface area contributed by atoms with Crippen LogP contribution in [0.2, 0.25) is 0 Å². The number of carbonyl (C=O) groups is 2. The third kappa shape index (κ3) is 6.53. The van der Waals surface area contributed by atoms with Crippen molar-refractivity contribution in [2.75, 3.05) is 33.5 Å². The fourth-order valence-corrected chi connectivity index (χ4v) is 10.8. The van der Waals surface area contributed by atoms with Crippen molar-refractivity contribution < 1.29 is 28.3 Å². The van der Waals surface area contributed by atoms with Crippen LogP contribution in [0.4, 0.5) is 9.18 Å². The lowest BCUT2D eigenvalue weighted by atomic mass is 9.91. The number of fused-ring (bicyclic) bond motifs is 3. The summed E-state index contributed by atoms with van der Waals surface area (Å²) in [5.41, 5.74) is 9.01. The van der Waals surface area contributed by atoms with E-state index < -0.39 is 23.8 Å². The predicted octanol–water partition coefficient (Wildman–Crippen LogP) is 6.48. The van der Waals surface area contributed by atoms with Gasteiger partial charge in [-0.25, -0.2) is 18.7 Å². The Labute approximate surface area is 373 Å². The summed E-state index contributed by atoms with van der Waals surface area (Å²) < 4.78 is 34.9. The van der Waals surface area contributed by atoms with Gasteiger partial charge >= 0.3 is 11.8 Å². The van der Waals surface area contributed by atoms with Gasteiger partial charge in [0.15, 0.2) is 0 Å². The van der Waals surface area contributed by atoms with Gasteiger partial charge in [-0.15, -0.1) is 5.48 Å². The molecule has 0 spiro atoms. The maximum absolute atomic E-state index is 15.5. The third-order valence-electron chi connectivity index (χ3n) is 14.3. The summed E-state index contributed by atoms with van der Waals surface area (Å²) in [5, 5.41) is 14.4. The monoisotopic (exact) mass is 882 g/mol. The first-order valence-electron chi connectivity index (χ1n) is 22.4. The smallest absolute Gasteiger partial charge is 0.383 e. The van der Waals surface area contributed by atoms with Gasteiger partial charge in [0, 0.05) is 67.5 Å². The van der Waals surface area contributed by atoms with Gasteiger partial charge in [0.05, 0.1) is 53.5 Å². The lowest BCUT2D eigenvalue weighted by Gasteiger charge is -2.35. The second-order valence-electron chi connectivity index (χ2n) is 18.1. The molecule has 1 saturated carbocycles. The number of hydrogen-bond acceptors (Lipinski definition) is 9. The second-order valence-corrected chi connectivity index (χ2v) is 18.1. The molecule has 7 aromatic rings. The first-order chi connectivity index (χ1) is 31.5. The van der Waals surface area contributed by atoms with E-state index in [2.05, 4.69) is 45.6 Å². The lowest BCUT2D eigenvalue weighted by Crippen LogP contribution is -2.49. The molecule has 1 aliphatic carbocycles. The molecule has 2 N–H and O–H groups in total. The number of ether oxygens (including phenoxy) is 2. The molecule has 1 unspecified atom stereocenters. The van der Waals surface area contributed by atoms with Crippen molar-refractivity contribution in [1.82, 2.24) is 49.0 Å². The summed E-state index contributed by atoms with van der Waals surface area (Å²) in [5.74, 6) is 0.423. The zero-order valence-electron chi connectivity index (χ0n) is 37.0. The first kappa shape index (κ1) is 41.2. The molecule has 4 atom stereocenters. The summed E-state index contributed by atoms with van der Waals surface area (Å²) in [6.07, 6.45) is 7.06. The molecule has 3 aromatic carbocycles. The fourth-order valence-electron chi connectivity index (χ4n) is 10.8. The van der Waals surface area contributed by atoms with Crippen molar-refractivity contribution in [3.63, 3.8) is 0 Å². The van der Waals surface area contributed by atoms with E-state index in [9.17, 15) is 9.59 Å². The van der Waals surface area contributed by atoms with Crippen LogP contribution in [0.5, 0.6) is 0 Å². The molecule has 11 rings (SSSR count). The average Bonchev–Trinajstić information content (AvgIpc) is 3.95. The van der Waals surface area contributed by atoms with Crippen LogP contribution in [0.1, 0.15) is 83.5 Å². The van der Waals surface area contributed by atoms with Crippen LogP contribution < -0.4 is 16.5 Å². The van der Waals surface area contributed by atoms with Gasteiger partial charge in [-0.3, -0.25) is 23.9 Å². The van der Waals surface area contributed by atoms with Crippen LogP contribution >= 0.6 is 0 Å². The van der Waals surface area contributed by atoms with Crippen molar-refractivity contribution in [2.45, 2.75) is 83.6 Å². The Kier molecular flexibility index (Phi) is 9.85. The maximum Gasteiger partial charge on any atom is 0.427 e. The summed E-state index contributed by atoms with van der Waals surface area (Å²) in [4.78, 5) is 49.9. The summed E-state index contributed by atoms with van der Waals surface area (Å²) >= 11 is 0. The molecule has 0 radical (unpaired) electrons. The zero-order chi connectivity index (χ0) is 44.9. The number of nitrogens with zero attached hydrogens (tertiary/aromatic N) is 8. The molecular formula is C48H51FN10O6. The minimum absolute atomic E-state index is 0.0978. The van der Waals surface area contributed by atoms with E-state index in [1.54, 1.807) is 65.5 Å². The Morgan fingerprint density at radius 3 is 2.43 bits per heavy atom. The van der Waals surface area contributed by atoms with Crippen LogP contribution in [0.25, 0.3) is 39.0 Å². The van der Waals surface area contributed by atoms with E-state index in [4.69, 9.17) is 19.4 Å². The average molecular weight is 883 g/mol. The Morgan fingerprint density at radius 2 is 1.71 bits per heavy atom. The van der Waals surface area contributed by atoms with Gasteiger partial charge in [-0.2, -0.15) is 10.2 Å². The van der Waals surface area contributed by atoms with Gasteiger partial charge < -0.3 is 23.8 Å². The minimum Gasteiger partial charge on any atom is -0.383 e. The van der Waals surface area contributed by atoms with E-state index in [-0.39, 0.29) is 23.3 Å². The Hall–Kier alpha value is -6.56. The summed E-state index contributed by atoms with van der Waals surface area (Å²) in [6, 6.07) is 17.1. The molecule has 7 heterocycles. The standard InChI is InChI=1S/C48H51FN10O6/c1-27-20-36(21-28(2)42(27)49)59-43(56-15-14-55(47(56)62)35-7-9-38-34(23-35)26-50-57(38)16-19-63-5)41-30(4)54(13-10-37(41)52-59)44(60)40-24-33-22-32(31-11-17-64-18-12-31)6-8-39(33)58(40)48(25-29(48)3)45-51-46(61)65-53-45/h6-9,14-15,20-24,26,29-31,45,53H,10-13,16-19,25H2,1-5H3,(H,51,61)/t29-,30-,45?,48-/m0/s1. The van der Waals surface area contributed by atoms with E-state index >= 15 is 9.18 Å². The number of imidazole rings is 1. The highest BCUT2D eigenvalue weighted by Crippen LogP contribution is 2.55. The molecule has 2 saturated heterocycles.